The summed E-state index contributed by atoms with van der Waals surface area (Å²) in [7, 11) is 3.96. The molecule has 0 spiro atoms. The first kappa shape index (κ1) is 28.5. The molecule has 208 valence electrons. The summed E-state index contributed by atoms with van der Waals surface area (Å²) < 4.78 is 26.4. The van der Waals surface area contributed by atoms with Gasteiger partial charge in [-0.2, -0.15) is 0 Å². The molecule has 9 heteroatoms. The van der Waals surface area contributed by atoms with Crippen LogP contribution in [0.2, 0.25) is 0 Å². The number of likely N-dealkylation sites (N-methyl/N-ethyl adjacent to an activating group) is 1. The van der Waals surface area contributed by atoms with Gasteiger partial charge in [-0.1, -0.05) is 6.58 Å². The Balaban J connectivity index is 1.87. The van der Waals surface area contributed by atoms with E-state index >= 15 is 4.39 Å². The Morgan fingerprint density at radius 3 is 2.52 bits per heavy atom. The summed E-state index contributed by atoms with van der Waals surface area (Å²) in [6.45, 7) is 9.94. The van der Waals surface area contributed by atoms with Crippen LogP contribution in [0.3, 0.4) is 0 Å². The van der Waals surface area contributed by atoms with Crippen LogP contribution < -0.4 is 10.1 Å². The first-order valence-electron chi connectivity index (χ1n) is 12.9. The molecule has 0 bridgehead atoms. The minimum Gasteiger partial charge on any atom is -0.492 e. The normalized spacial score (nSPS) is 11.2. The number of carbonyl (C=O) groups is 2. The van der Waals surface area contributed by atoms with Crippen molar-refractivity contribution in [2.75, 3.05) is 32.6 Å². The van der Waals surface area contributed by atoms with Gasteiger partial charge in [0.1, 0.15) is 23.8 Å². The Bertz CT molecular complexity index is 1560. The molecule has 0 aliphatic rings. The van der Waals surface area contributed by atoms with Gasteiger partial charge in [0.15, 0.2) is 0 Å². The van der Waals surface area contributed by atoms with Crippen molar-refractivity contribution in [2.45, 2.75) is 26.9 Å². The molecule has 0 radical (unpaired) electrons. The standard InChI is InChI=1S/C31H33FN4O4/c1-7-27(37)34-26-16-21(15-25(32)19(26)4)28-24-14-22(31(38)40-18(2)3)17-33-30(24)35-29(28)20-8-10-23(11-9-20)39-13-12-36(5)6/h7-11,14-18H,1,12-13H2,2-6H3,(H,33,35)(H,34,37). The van der Waals surface area contributed by atoms with E-state index in [1.165, 1.54) is 12.3 Å². The molecular weight excluding hydrogens is 511 g/mol. The van der Waals surface area contributed by atoms with Crippen molar-refractivity contribution >= 4 is 28.6 Å². The molecule has 1 amide bonds. The summed E-state index contributed by atoms with van der Waals surface area (Å²) in [6.07, 6.45) is 2.27. The van der Waals surface area contributed by atoms with Gasteiger partial charge < -0.3 is 24.7 Å². The van der Waals surface area contributed by atoms with Crippen LogP contribution in [-0.2, 0) is 9.53 Å². The third-order valence-corrected chi connectivity index (χ3v) is 6.26. The maximum absolute atomic E-state index is 15.2. The van der Waals surface area contributed by atoms with E-state index in [1.54, 1.807) is 32.9 Å². The predicted octanol–water partition coefficient (Wildman–Crippen LogP) is 5.97. The van der Waals surface area contributed by atoms with E-state index < -0.39 is 17.7 Å². The average Bonchev–Trinajstić information content (AvgIpc) is 3.29. The number of ether oxygens (including phenoxy) is 2. The highest BCUT2D eigenvalue weighted by molar-refractivity contribution is 6.06. The highest BCUT2D eigenvalue weighted by Crippen LogP contribution is 2.40. The van der Waals surface area contributed by atoms with Crippen molar-refractivity contribution < 1.29 is 23.5 Å². The summed E-state index contributed by atoms with van der Waals surface area (Å²) in [5, 5.41) is 3.28. The largest absolute Gasteiger partial charge is 0.492 e. The van der Waals surface area contributed by atoms with E-state index in [4.69, 9.17) is 9.47 Å². The van der Waals surface area contributed by atoms with E-state index in [9.17, 15) is 9.59 Å². The van der Waals surface area contributed by atoms with Gasteiger partial charge in [0.2, 0.25) is 5.91 Å². The monoisotopic (exact) mass is 544 g/mol. The molecule has 4 rings (SSSR count). The Morgan fingerprint density at radius 1 is 1.15 bits per heavy atom. The van der Waals surface area contributed by atoms with Crippen molar-refractivity contribution in [1.82, 2.24) is 14.9 Å². The van der Waals surface area contributed by atoms with Crippen LogP contribution in [-0.4, -0.2) is 60.1 Å². The van der Waals surface area contributed by atoms with Crippen LogP contribution >= 0.6 is 0 Å². The summed E-state index contributed by atoms with van der Waals surface area (Å²) in [5.41, 5.74) is 3.97. The van der Waals surface area contributed by atoms with Gasteiger partial charge in [0, 0.05) is 34.9 Å². The number of esters is 1. The summed E-state index contributed by atoms with van der Waals surface area (Å²) in [4.78, 5) is 34.6. The smallest absolute Gasteiger partial charge is 0.339 e. The third-order valence-electron chi connectivity index (χ3n) is 6.26. The molecule has 2 heterocycles. The number of hydrogen-bond donors (Lipinski definition) is 2. The van der Waals surface area contributed by atoms with E-state index in [-0.39, 0.29) is 11.7 Å². The van der Waals surface area contributed by atoms with Crippen molar-refractivity contribution in [3.63, 3.8) is 0 Å². The van der Waals surface area contributed by atoms with Crippen molar-refractivity contribution in [2.24, 2.45) is 0 Å². The fourth-order valence-corrected chi connectivity index (χ4v) is 4.18. The average molecular weight is 545 g/mol. The molecule has 0 fully saturated rings. The summed E-state index contributed by atoms with van der Waals surface area (Å²) in [6, 6.07) is 12.3. The highest BCUT2D eigenvalue weighted by Gasteiger charge is 2.21. The minimum atomic E-state index is -0.508. The first-order valence-corrected chi connectivity index (χ1v) is 12.9. The molecule has 2 aromatic carbocycles. The Kier molecular flexibility index (Phi) is 8.64. The van der Waals surface area contributed by atoms with Gasteiger partial charge in [-0.05, 0) is 94.5 Å². The van der Waals surface area contributed by atoms with Crippen LogP contribution in [0, 0.1) is 12.7 Å². The number of pyridine rings is 1. The lowest BCUT2D eigenvalue weighted by molar-refractivity contribution is -0.111. The number of hydrogen-bond acceptors (Lipinski definition) is 6. The predicted molar refractivity (Wildman–Crippen MR) is 155 cm³/mol. The van der Waals surface area contributed by atoms with E-state index in [1.807, 2.05) is 43.3 Å². The number of nitrogens with one attached hydrogen (secondary N) is 2. The van der Waals surface area contributed by atoms with Crippen LogP contribution in [0.5, 0.6) is 5.75 Å². The number of benzene rings is 2. The van der Waals surface area contributed by atoms with E-state index in [0.717, 1.165) is 23.9 Å². The summed E-state index contributed by atoms with van der Waals surface area (Å²) >= 11 is 0. The van der Waals surface area contributed by atoms with Gasteiger partial charge in [0.05, 0.1) is 17.4 Å². The number of aromatic amines is 1. The third kappa shape index (κ3) is 6.38. The SMILES string of the molecule is C=CC(=O)Nc1cc(-c2c(-c3ccc(OCCN(C)C)cc3)[nH]c3ncc(C(=O)OC(C)C)cc23)cc(F)c1C. The van der Waals surface area contributed by atoms with Gasteiger partial charge in [-0.3, -0.25) is 4.79 Å². The Labute approximate surface area is 232 Å². The number of anilines is 1. The lowest BCUT2D eigenvalue weighted by atomic mass is 9.96. The van der Waals surface area contributed by atoms with E-state index in [0.29, 0.717) is 45.7 Å². The first-order chi connectivity index (χ1) is 19.1. The van der Waals surface area contributed by atoms with Gasteiger partial charge in [0.25, 0.3) is 0 Å². The Morgan fingerprint density at radius 2 is 1.88 bits per heavy atom. The van der Waals surface area contributed by atoms with Gasteiger partial charge in [-0.25, -0.2) is 14.2 Å². The maximum atomic E-state index is 15.2. The molecule has 0 aliphatic carbocycles. The number of nitrogens with zero attached hydrogens (tertiary/aromatic N) is 2. The van der Waals surface area contributed by atoms with Crippen LogP contribution in [0.15, 0.2) is 61.3 Å². The Hall–Kier alpha value is -4.50. The lowest BCUT2D eigenvalue weighted by Crippen LogP contribution is -2.19. The molecule has 2 aromatic heterocycles. The second-order valence-electron chi connectivity index (χ2n) is 9.95. The second-order valence-corrected chi connectivity index (χ2v) is 9.95. The lowest BCUT2D eigenvalue weighted by Gasteiger charge is -2.13. The van der Waals surface area contributed by atoms with Gasteiger partial charge >= 0.3 is 5.97 Å². The number of halogens is 1. The summed E-state index contributed by atoms with van der Waals surface area (Å²) in [5.74, 6) is -0.739. The minimum absolute atomic E-state index is 0.269. The quantitative estimate of drug-likeness (QED) is 0.189. The zero-order chi connectivity index (χ0) is 29.0. The van der Waals surface area contributed by atoms with Crippen LogP contribution in [0.1, 0.15) is 29.8 Å². The zero-order valence-electron chi connectivity index (χ0n) is 23.3. The number of H-pyrrole nitrogens is 1. The highest BCUT2D eigenvalue weighted by atomic mass is 19.1. The number of amides is 1. The fourth-order valence-electron chi connectivity index (χ4n) is 4.18. The molecule has 0 saturated heterocycles. The number of carbonyl (C=O) groups excluding carboxylic acids is 2. The molecule has 0 atom stereocenters. The van der Waals surface area contributed by atoms with Gasteiger partial charge in [-0.15, -0.1) is 0 Å². The van der Waals surface area contributed by atoms with Crippen LogP contribution in [0.25, 0.3) is 33.4 Å². The number of fused-ring (bicyclic) bond motifs is 1. The number of rotatable bonds is 10. The van der Waals surface area contributed by atoms with Crippen LogP contribution in [0.4, 0.5) is 10.1 Å². The van der Waals surface area contributed by atoms with Crippen molar-refractivity contribution in [3.8, 4) is 28.1 Å². The maximum Gasteiger partial charge on any atom is 0.339 e. The molecule has 8 nitrogen and oxygen atoms in total. The molecule has 0 unspecified atom stereocenters. The zero-order valence-corrected chi connectivity index (χ0v) is 23.3. The molecule has 0 aliphatic heterocycles. The number of aromatic nitrogens is 2. The van der Waals surface area contributed by atoms with Crippen molar-refractivity contribution in [3.05, 3.63) is 78.3 Å². The van der Waals surface area contributed by atoms with E-state index in [2.05, 4.69) is 21.9 Å². The van der Waals surface area contributed by atoms with Crippen molar-refractivity contribution in [1.29, 1.82) is 0 Å². The molecule has 4 aromatic rings. The molecule has 40 heavy (non-hydrogen) atoms. The second kappa shape index (κ2) is 12.1. The molecular formula is C31H33FN4O4. The molecule has 0 saturated carbocycles. The molecule has 2 N–H and O–H groups in total. The fraction of sp³-hybridized carbons (Fsp3) is 0.258. The topological polar surface area (TPSA) is 96.5 Å².